The maximum Gasteiger partial charge on any atom is 0.0900 e. The van der Waals surface area contributed by atoms with Crippen LogP contribution in [0.4, 0.5) is 0 Å². The molecular formula is C13H25NO4. The monoisotopic (exact) mass is 259 g/mol. The Morgan fingerprint density at radius 1 is 1.33 bits per heavy atom. The molecule has 0 aliphatic carbocycles. The molecule has 0 aromatic rings. The zero-order valence-electron chi connectivity index (χ0n) is 11.0. The summed E-state index contributed by atoms with van der Waals surface area (Å²) in [6.45, 7) is 3.99. The van der Waals surface area contributed by atoms with Gasteiger partial charge < -0.3 is 19.7 Å². The lowest BCUT2D eigenvalue weighted by Crippen LogP contribution is -2.43. The Morgan fingerprint density at radius 2 is 2.22 bits per heavy atom. The van der Waals surface area contributed by atoms with Gasteiger partial charge in [-0.05, 0) is 32.2 Å². The molecule has 5 nitrogen and oxygen atoms in total. The lowest BCUT2D eigenvalue weighted by atomic mass is 10.1. The van der Waals surface area contributed by atoms with E-state index in [4.69, 9.17) is 9.47 Å². The van der Waals surface area contributed by atoms with Crippen molar-refractivity contribution in [3.63, 3.8) is 0 Å². The Hall–Kier alpha value is -0.200. The maximum absolute atomic E-state index is 9.87. The minimum absolute atomic E-state index is 0.217. The quantitative estimate of drug-likeness (QED) is 0.703. The third-order valence-electron chi connectivity index (χ3n) is 3.59. The summed E-state index contributed by atoms with van der Waals surface area (Å²) in [5.74, 6) is 0. The SMILES string of the molecule is OC1CCCN(CC(O)COCC2CCCO2)C1. The minimum Gasteiger partial charge on any atom is -0.392 e. The van der Waals surface area contributed by atoms with Gasteiger partial charge in [0.15, 0.2) is 0 Å². The highest BCUT2D eigenvalue weighted by atomic mass is 16.5. The van der Waals surface area contributed by atoms with E-state index in [-0.39, 0.29) is 12.2 Å². The summed E-state index contributed by atoms with van der Waals surface area (Å²) in [5.41, 5.74) is 0. The lowest BCUT2D eigenvalue weighted by molar-refractivity contribution is -0.0320. The second-order valence-electron chi connectivity index (χ2n) is 5.38. The second kappa shape index (κ2) is 7.40. The number of rotatable bonds is 6. The first-order valence-electron chi connectivity index (χ1n) is 7.02. The number of aliphatic hydroxyl groups excluding tert-OH is 2. The van der Waals surface area contributed by atoms with Gasteiger partial charge in [-0.15, -0.1) is 0 Å². The summed E-state index contributed by atoms with van der Waals surface area (Å²) in [6.07, 6.45) is 3.56. The molecule has 0 amide bonds. The van der Waals surface area contributed by atoms with Crippen molar-refractivity contribution in [2.24, 2.45) is 0 Å². The van der Waals surface area contributed by atoms with E-state index in [1.165, 1.54) is 0 Å². The van der Waals surface area contributed by atoms with Crippen molar-refractivity contribution in [1.29, 1.82) is 0 Å². The number of β-amino-alcohol motifs (C(OH)–C–C–N with tert-alkyl or cyclic N) is 2. The summed E-state index contributed by atoms with van der Waals surface area (Å²) >= 11 is 0. The van der Waals surface area contributed by atoms with E-state index in [1.807, 2.05) is 0 Å². The molecule has 2 N–H and O–H groups in total. The van der Waals surface area contributed by atoms with Crippen LogP contribution in [0.3, 0.4) is 0 Å². The van der Waals surface area contributed by atoms with Gasteiger partial charge in [0.25, 0.3) is 0 Å². The Labute approximate surface area is 109 Å². The van der Waals surface area contributed by atoms with E-state index in [2.05, 4.69) is 4.90 Å². The van der Waals surface area contributed by atoms with Gasteiger partial charge in [-0.1, -0.05) is 0 Å². The molecule has 0 bridgehead atoms. The van der Waals surface area contributed by atoms with Crippen LogP contribution in [0.5, 0.6) is 0 Å². The zero-order valence-corrected chi connectivity index (χ0v) is 11.0. The van der Waals surface area contributed by atoms with Crippen LogP contribution in [0.25, 0.3) is 0 Å². The van der Waals surface area contributed by atoms with Gasteiger partial charge in [0.2, 0.25) is 0 Å². The zero-order chi connectivity index (χ0) is 12.8. The van der Waals surface area contributed by atoms with Crippen molar-refractivity contribution in [1.82, 2.24) is 4.90 Å². The van der Waals surface area contributed by atoms with E-state index in [1.54, 1.807) is 0 Å². The van der Waals surface area contributed by atoms with E-state index in [0.29, 0.717) is 26.3 Å². The molecule has 106 valence electrons. The Balaban J connectivity index is 1.55. The summed E-state index contributed by atoms with van der Waals surface area (Å²) < 4.78 is 10.9. The molecule has 0 aromatic heterocycles. The van der Waals surface area contributed by atoms with Crippen LogP contribution in [-0.4, -0.2) is 72.9 Å². The summed E-state index contributed by atoms with van der Waals surface area (Å²) in [7, 11) is 0. The second-order valence-corrected chi connectivity index (χ2v) is 5.38. The standard InChI is InChI=1S/C13H25NO4/c15-11-3-1-5-14(7-11)8-12(16)9-17-10-13-4-2-6-18-13/h11-13,15-16H,1-10H2. The summed E-state index contributed by atoms with van der Waals surface area (Å²) in [6, 6.07) is 0. The molecule has 2 aliphatic heterocycles. The smallest absolute Gasteiger partial charge is 0.0900 e. The van der Waals surface area contributed by atoms with Gasteiger partial charge in [-0.2, -0.15) is 0 Å². The molecule has 5 heteroatoms. The molecule has 0 saturated carbocycles. The molecule has 2 heterocycles. The number of hydrogen-bond acceptors (Lipinski definition) is 5. The van der Waals surface area contributed by atoms with Crippen molar-refractivity contribution in [2.75, 3.05) is 39.5 Å². The Kier molecular flexibility index (Phi) is 5.85. The van der Waals surface area contributed by atoms with Crippen LogP contribution >= 0.6 is 0 Å². The highest BCUT2D eigenvalue weighted by Gasteiger charge is 2.20. The molecule has 2 aliphatic rings. The molecule has 18 heavy (non-hydrogen) atoms. The molecule has 2 rings (SSSR count). The van der Waals surface area contributed by atoms with Gasteiger partial charge >= 0.3 is 0 Å². The summed E-state index contributed by atoms with van der Waals surface area (Å²) in [4.78, 5) is 2.11. The fourth-order valence-corrected chi connectivity index (χ4v) is 2.66. The van der Waals surface area contributed by atoms with Crippen LogP contribution < -0.4 is 0 Å². The average Bonchev–Trinajstić information content (AvgIpc) is 2.82. The Morgan fingerprint density at radius 3 is 2.94 bits per heavy atom. The fourth-order valence-electron chi connectivity index (χ4n) is 2.66. The van der Waals surface area contributed by atoms with Crippen LogP contribution in [0.15, 0.2) is 0 Å². The van der Waals surface area contributed by atoms with Gasteiger partial charge in [0, 0.05) is 19.7 Å². The number of ether oxygens (including phenoxy) is 2. The predicted octanol–water partition coefficient (Wildman–Crippen LogP) is -0.000400. The van der Waals surface area contributed by atoms with E-state index in [0.717, 1.165) is 38.8 Å². The van der Waals surface area contributed by atoms with Crippen molar-refractivity contribution in [3.8, 4) is 0 Å². The van der Waals surface area contributed by atoms with Crippen LogP contribution in [0.2, 0.25) is 0 Å². The van der Waals surface area contributed by atoms with Gasteiger partial charge in [0.1, 0.15) is 0 Å². The Bertz CT molecular complexity index is 233. The number of hydrogen-bond donors (Lipinski definition) is 2. The molecule has 2 saturated heterocycles. The molecule has 3 unspecified atom stereocenters. The summed E-state index contributed by atoms with van der Waals surface area (Å²) in [5, 5.41) is 19.4. The first-order valence-corrected chi connectivity index (χ1v) is 7.02. The van der Waals surface area contributed by atoms with Crippen molar-refractivity contribution < 1.29 is 19.7 Å². The predicted molar refractivity (Wildman–Crippen MR) is 67.5 cm³/mol. The van der Waals surface area contributed by atoms with Crippen molar-refractivity contribution in [2.45, 2.75) is 44.0 Å². The van der Waals surface area contributed by atoms with E-state index >= 15 is 0 Å². The van der Waals surface area contributed by atoms with E-state index in [9.17, 15) is 10.2 Å². The molecule has 3 atom stereocenters. The lowest BCUT2D eigenvalue weighted by Gasteiger charge is -2.31. The first-order chi connectivity index (χ1) is 8.74. The third-order valence-corrected chi connectivity index (χ3v) is 3.59. The highest BCUT2D eigenvalue weighted by Crippen LogP contribution is 2.13. The normalized spacial score (nSPS) is 31.7. The third kappa shape index (κ3) is 4.82. The van der Waals surface area contributed by atoms with Gasteiger partial charge in [-0.3, -0.25) is 4.90 Å². The van der Waals surface area contributed by atoms with Crippen LogP contribution in [0, 0.1) is 0 Å². The highest BCUT2D eigenvalue weighted by molar-refractivity contribution is 4.74. The molecule has 0 aromatic carbocycles. The molecule has 0 spiro atoms. The maximum atomic E-state index is 9.87. The molecule has 0 radical (unpaired) electrons. The largest absolute Gasteiger partial charge is 0.392 e. The number of nitrogens with zero attached hydrogens (tertiary/aromatic N) is 1. The van der Waals surface area contributed by atoms with Crippen molar-refractivity contribution in [3.05, 3.63) is 0 Å². The molecular weight excluding hydrogens is 234 g/mol. The van der Waals surface area contributed by atoms with Gasteiger partial charge in [-0.25, -0.2) is 0 Å². The van der Waals surface area contributed by atoms with Gasteiger partial charge in [0.05, 0.1) is 31.5 Å². The number of aliphatic hydroxyl groups is 2. The van der Waals surface area contributed by atoms with Crippen LogP contribution in [-0.2, 0) is 9.47 Å². The average molecular weight is 259 g/mol. The van der Waals surface area contributed by atoms with Crippen LogP contribution in [0.1, 0.15) is 25.7 Å². The van der Waals surface area contributed by atoms with E-state index < -0.39 is 6.10 Å². The minimum atomic E-state index is -0.475. The fraction of sp³-hybridized carbons (Fsp3) is 1.00. The van der Waals surface area contributed by atoms with Crippen molar-refractivity contribution >= 4 is 0 Å². The topological polar surface area (TPSA) is 62.2 Å². The number of piperidine rings is 1. The first kappa shape index (κ1) is 14.2. The number of likely N-dealkylation sites (tertiary alicyclic amines) is 1. The molecule has 2 fully saturated rings.